The monoisotopic (exact) mass is 474 g/mol. The summed E-state index contributed by atoms with van der Waals surface area (Å²) in [7, 11) is 1.45. The third-order valence-corrected chi connectivity index (χ3v) is 7.80. The molecule has 6 rings (SSSR count). The zero-order valence-electron chi connectivity index (χ0n) is 19.9. The molecule has 2 aliphatic heterocycles. The average Bonchev–Trinajstić information content (AvgIpc) is 2.88. The molecule has 3 N–H and O–H groups in total. The molecular weight excluding hydrogens is 444 g/mol. The van der Waals surface area contributed by atoms with Gasteiger partial charge >= 0.3 is 0 Å². The third kappa shape index (κ3) is 2.81. The van der Waals surface area contributed by atoms with Crippen LogP contribution in [-0.4, -0.2) is 69.3 Å². The lowest BCUT2D eigenvalue weighted by atomic mass is 9.50. The minimum absolute atomic E-state index is 0.0166. The van der Waals surface area contributed by atoms with Gasteiger partial charge in [0.15, 0.2) is 29.6 Å². The van der Waals surface area contributed by atoms with E-state index in [0.717, 1.165) is 0 Å². The molecule has 5 atom stereocenters. The summed E-state index contributed by atoms with van der Waals surface area (Å²) in [5, 5.41) is 32.0. The first-order chi connectivity index (χ1) is 15.8. The quantitative estimate of drug-likeness (QED) is 0.529. The molecule has 3 aliphatic carbocycles. The summed E-state index contributed by atoms with van der Waals surface area (Å²) in [5.41, 5.74) is -5.38. The number of phenols is 1. The molecule has 34 heavy (non-hydrogen) atoms. The van der Waals surface area contributed by atoms with Crippen molar-refractivity contribution in [2.75, 3.05) is 13.9 Å². The summed E-state index contributed by atoms with van der Waals surface area (Å²) in [5.74, 6) is -1.75. The van der Waals surface area contributed by atoms with E-state index in [0.29, 0.717) is 6.42 Å². The highest BCUT2D eigenvalue weighted by Crippen LogP contribution is 2.68. The zero-order chi connectivity index (χ0) is 24.8. The summed E-state index contributed by atoms with van der Waals surface area (Å²) < 4.78 is 23.4. The normalized spacial score (nSPS) is 33.7. The van der Waals surface area contributed by atoms with Crippen LogP contribution in [0.2, 0.25) is 0 Å². The number of methoxy groups -OCH3 is 1. The smallest absolute Gasteiger partial charge is 0.200 e. The number of benzene rings is 1. The molecule has 9 nitrogen and oxygen atoms in total. The number of allylic oxidation sites excluding steroid dienone is 1. The van der Waals surface area contributed by atoms with Crippen LogP contribution in [0.1, 0.15) is 50.9 Å². The van der Waals surface area contributed by atoms with Crippen LogP contribution in [0.4, 0.5) is 0 Å². The molecule has 1 aromatic carbocycles. The Morgan fingerprint density at radius 1 is 1.26 bits per heavy atom. The molecule has 5 aliphatic rings. The Labute approximate surface area is 197 Å². The second-order valence-corrected chi connectivity index (χ2v) is 10.8. The fourth-order valence-corrected chi connectivity index (χ4v) is 6.26. The lowest BCUT2D eigenvalue weighted by Gasteiger charge is -2.56. The van der Waals surface area contributed by atoms with E-state index >= 15 is 0 Å². The molecule has 1 saturated heterocycles. The number of rotatable bonds is 6. The Kier molecular flexibility index (Phi) is 4.82. The van der Waals surface area contributed by atoms with E-state index in [4.69, 9.17) is 18.9 Å². The Bertz CT molecular complexity index is 1110. The van der Waals surface area contributed by atoms with Gasteiger partial charge in [0.05, 0.1) is 17.3 Å². The lowest BCUT2D eigenvalue weighted by Crippen LogP contribution is -2.73. The number of Topliss-reactive ketones (excluding diaryl/α,β-unsaturated/α-hetero) is 2. The number of ether oxygens (including phenoxy) is 4. The highest BCUT2D eigenvalue weighted by Gasteiger charge is 2.81. The molecule has 184 valence electrons. The number of hydrogen-bond donors (Lipinski definition) is 3. The number of fused-ring (bicyclic) bond motifs is 1. The summed E-state index contributed by atoms with van der Waals surface area (Å²) in [6.45, 7) is 6.50. The van der Waals surface area contributed by atoms with Crippen LogP contribution in [0.15, 0.2) is 23.8 Å². The van der Waals surface area contributed by atoms with Crippen LogP contribution >= 0.6 is 0 Å². The fourth-order valence-electron chi connectivity index (χ4n) is 6.26. The maximum atomic E-state index is 13.8. The average molecular weight is 475 g/mol. The van der Waals surface area contributed by atoms with Gasteiger partial charge in [-0.15, -0.1) is 0 Å². The first kappa shape index (κ1) is 23.3. The third-order valence-electron chi connectivity index (χ3n) is 7.80. The predicted molar refractivity (Wildman–Crippen MR) is 118 cm³/mol. The number of ketones is 2. The maximum Gasteiger partial charge on any atom is 0.200 e. The molecule has 1 spiro atoms. The molecule has 1 aromatic rings. The van der Waals surface area contributed by atoms with Gasteiger partial charge in [0, 0.05) is 43.1 Å². The first-order valence-electron chi connectivity index (χ1n) is 11.4. The van der Waals surface area contributed by atoms with E-state index in [1.54, 1.807) is 6.08 Å². The van der Waals surface area contributed by atoms with Crippen LogP contribution in [-0.2, 0) is 14.3 Å². The molecule has 9 heteroatoms. The van der Waals surface area contributed by atoms with Crippen molar-refractivity contribution in [1.29, 1.82) is 0 Å². The van der Waals surface area contributed by atoms with Crippen molar-refractivity contribution in [2.24, 2.45) is 11.8 Å². The van der Waals surface area contributed by atoms with Crippen LogP contribution in [0.3, 0.4) is 0 Å². The van der Waals surface area contributed by atoms with Crippen molar-refractivity contribution in [3.63, 3.8) is 0 Å². The Morgan fingerprint density at radius 2 is 1.97 bits per heavy atom. The Balaban J connectivity index is 1.73. The molecule has 4 unspecified atom stereocenters. The number of hydrogen-bond acceptors (Lipinski definition) is 9. The molecule has 0 radical (unpaired) electrons. The number of carbonyl (C=O) groups is 2. The van der Waals surface area contributed by atoms with Crippen LogP contribution in [0.5, 0.6) is 17.2 Å². The number of phenolic OH excluding ortho intramolecular Hbond substituents is 1. The van der Waals surface area contributed by atoms with Gasteiger partial charge in [-0.1, -0.05) is 6.08 Å². The van der Waals surface area contributed by atoms with Gasteiger partial charge in [-0.05, 0) is 34.1 Å². The predicted octanol–water partition coefficient (Wildman–Crippen LogP) is 1.90. The molecule has 0 aromatic heterocycles. The minimum Gasteiger partial charge on any atom is -0.507 e. The van der Waals surface area contributed by atoms with Crippen molar-refractivity contribution in [1.82, 2.24) is 0 Å². The van der Waals surface area contributed by atoms with Gasteiger partial charge in [-0.25, -0.2) is 0 Å². The van der Waals surface area contributed by atoms with Crippen molar-refractivity contribution < 1.29 is 43.9 Å². The largest absolute Gasteiger partial charge is 0.507 e. The fraction of sp³-hybridized carbons (Fsp3) is 0.600. The van der Waals surface area contributed by atoms with Gasteiger partial charge in [-0.2, -0.15) is 0 Å². The summed E-state index contributed by atoms with van der Waals surface area (Å²) in [6, 6.07) is 2.79. The van der Waals surface area contributed by atoms with E-state index in [9.17, 15) is 24.9 Å². The second-order valence-electron chi connectivity index (χ2n) is 10.8. The van der Waals surface area contributed by atoms with E-state index < -0.39 is 40.2 Å². The van der Waals surface area contributed by atoms with Crippen LogP contribution < -0.4 is 9.47 Å². The summed E-state index contributed by atoms with van der Waals surface area (Å²) >= 11 is 0. The van der Waals surface area contributed by atoms with E-state index in [1.165, 1.54) is 33.1 Å². The topological polar surface area (TPSA) is 132 Å². The van der Waals surface area contributed by atoms with Gasteiger partial charge in [0.1, 0.15) is 22.8 Å². The Hall–Kier alpha value is -2.46. The number of aromatic hydroxyl groups is 1. The van der Waals surface area contributed by atoms with Gasteiger partial charge in [0.2, 0.25) is 0 Å². The molecule has 4 bridgehead atoms. The maximum absolute atomic E-state index is 13.8. The lowest BCUT2D eigenvalue weighted by molar-refractivity contribution is -0.187. The molecular formula is C25H30O9. The molecule has 2 fully saturated rings. The van der Waals surface area contributed by atoms with E-state index in [-0.39, 0.29) is 53.3 Å². The second kappa shape index (κ2) is 7.04. The van der Waals surface area contributed by atoms with Crippen LogP contribution in [0.25, 0.3) is 0 Å². The number of aliphatic hydroxyl groups excluding tert-OH is 1. The van der Waals surface area contributed by atoms with Gasteiger partial charge in [-0.3, -0.25) is 9.59 Å². The van der Waals surface area contributed by atoms with Crippen LogP contribution in [0, 0.1) is 11.8 Å². The van der Waals surface area contributed by atoms with Gasteiger partial charge in [0.25, 0.3) is 0 Å². The summed E-state index contributed by atoms with van der Waals surface area (Å²) in [6.07, 6.45) is 0.464. The molecule has 2 heterocycles. The van der Waals surface area contributed by atoms with E-state index in [2.05, 4.69) is 0 Å². The molecule has 1 saturated carbocycles. The standard InChI is InChI=1S/C25H30O9/c1-22(2,30)18(27)10-24-21(29)12-6-14-20(28)19-15(26)8-13(32-11-31-5)9-16(19)33-25(14,24)17(7-12)23(3,4)34-24/h6,8-9,12,17-18,26-27,30H,7,10-11H2,1-5H3/t12?,17?,18-,24?,25?/m0/s1. The Morgan fingerprint density at radius 3 is 2.62 bits per heavy atom. The first-order valence-corrected chi connectivity index (χ1v) is 11.4. The minimum atomic E-state index is -1.69. The van der Waals surface area contributed by atoms with Crippen molar-refractivity contribution in [3.8, 4) is 17.2 Å². The number of aliphatic hydroxyl groups is 2. The van der Waals surface area contributed by atoms with Gasteiger partial charge < -0.3 is 34.3 Å². The van der Waals surface area contributed by atoms with Crippen molar-refractivity contribution in [2.45, 2.75) is 69.0 Å². The highest BCUT2D eigenvalue weighted by atomic mass is 16.7. The summed E-state index contributed by atoms with van der Waals surface area (Å²) in [4.78, 5) is 27.6. The zero-order valence-corrected chi connectivity index (χ0v) is 19.9. The van der Waals surface area contributed by atoms with E-state index in [1.807, 2.05) is 13.8 Å². The van der Waals surface area contributed by atoms with Crippen molar-refractivity contribution >= 4 is 11.6 Å². The van der Waals surface area contributed by atoms with Crippen molar-refractivity contribution in [3.05, 3.63) is 29.3 Å². The SMILES string of the molecule is COCOc1cc(O)c2c(c1)OC13C(=CC4CC1C(C)(C)OC3(C[C@H](O)C(C)(C)O)C4=O)C2=O. The highest BCUT2D eigenvalue weighted by molar-refractivity contribution is 6.18. The number of carbonyl (C=O) groups excluding carboxylic acids is 2. The molecule has 0 amide bonds.